The summed E-state index contributed by atoms with van der Waals surface area (Å²) in [6, 6.07) is 10.6. The van der Waals surface area contributed by atoms with Crippen molar-refractivity contribution in [1.29, 1.82) is 0 Å². The molecule has 0 radical (unpaired) electrons. The van der Waals surface area contributed by atoms with E-state index in [0.717, 1.165) is 6.07 Å². The monoisotopic (exact) mass is 1120 g/mol. The maximum Gasteiger partial charge on any atom is 0.333 e. The number of rotatable bonds is 34. The van der Waals surface area contributed by atoms with E-state index in [0.29, 0.717) is 41.9 Å². The number of pyridine rings is 3. The summed E-state index contributed by atoms with van der Waals surface area (Å²) in [7, 11) is 0. The van der Waals surface area contributed by atoms with Crippen molar-refractivity contribution in [2.75, 3.05) is 65.8 Å². The van der Waals surface area contributed by atoms with Gasteiger partial charge in [0.1, 0.15) is 28.8 Å². The minimum atomic E-state index is -1.27. The van der Waals surface area contributed by atoms with E-state index < -0.39 is 76.8 Å². The molecule has 0 bridgehead atoms. The Bertz CT molecular complexity index is 2880. The molecule has 0 aliphatic carbocycles. The average Bonchev–Trinajstić information content (AvgIpc) is 3.77. The van der Waals surface area contributed by atoms with Crippen molar-refractivity contribution < 1.29 is 67.5 Å². The Balaban J connectivity index is 1.21. The van der Waals surface area contributed by atoms with Crippen LogP contribution in [0.25, 0.3) is 0 Å². The standard InChI is InChI=1S/C52H67N11O17/c64-34-79-62-39(15-8-21-44(62)69)50(75)55-26-11-31-61(52(77)37-14-7-20-43(68)59-37)38(16-9-29-60(51(76)36-13-6-19-42(67)58-36)30-10-25-54-48(73)35-12-5-18-41(66)57-35)49(74)56-28-33-78-32-27-53-40(65)17-3-1-2-4-22-47(72)80-63-45(70)23-24-46(63)71/h5,7-8,12-15,18,20-21,38,64H,1-4,6,9-11,16-17,19,22-34H2,(H,53,65)(H,54,73)(H,55,75)(H,56,74)(H,57,66)(H,58,67)(H,59,68)/p+1. The maximum atomic E-state index is 14.4. The summed E-state index contributed by atoms with van der Waals surface area (Å²) in [5.41, 5.74) is -2.01. The number of amides is 9. The molecule has 1 fully saturated rings. The number of carbonyl (C=O) groups excluding carboxylic acids is 10. The first-order valence-electron chi connectivity index (χ1n) is 26.3. The molecular formula is C52H68N11O17+. The second-order valence-electron chi connectivity index (χ2n) is 18.3. The summed E-state index contributed by atoms with van der Waals surface area (Å²) >= 11 is 0. The van der Waals surface area contributed by atoms with Gasteiger partial charge in [0, 0.05) is 96.1 Å². The van der Waals surface area contributed by atoms with Crippen LogP contribution in [0.1, 0.15) is 121 Å². The van der Waals surface area contributed by atoms with E-state index in [2.05, 4.69) is 36.6 Å². The number of aromatic nitrogens is 3. The number of nitrogens with zero attached hydrogens (tertiary/aromatic N) is 4. The maximum absolute atomic E-state index is 14.4. The van der Waals surface area contributed by atoms with Crippen LogP contribution in [0.2, 0.25) is 0 Å². The molecule has 5 heterocycles. The molecule has 0 spiro atoms. The Morgan fingerprint density at radius 3 is 1.95 bits per heavy atom. The third kappa shape index (κ3) is 20.2. The van der Waals surface area contributed by atoms with E-state index in [4.69, 9.17) is 19.5 Å². The molecule has 80 heavy (non-hydrogen) atoms. The van der Waals surface area contributed by atoms with Gasteiger partial charge in [0.15, 0.2) is 0 Å². The highest BCUT2D eigenvalue weighted by Crippen LogP contribution is 2.17. The number of H-pyrrole nitrogens is 2. The Hall–Kier alpha value is -8.79. The van der Waals surface area contributed by atoms with E-state index in [1.165, 1.54) is 58.3 Å². The van der Waals surface area contributed by atoms with Crippen LogP contribution in [0.15, 0.2) is 80.8 Å². The van der Waals surface area contributed by atoms with Crippen molar-refractivity contribution in [3.05, 3.63) is 115 Å². The SMILES string of the molecule is O=C(CCCCCCC(=O)ON1C(=O)CCC1=O)NCCOCCNC(=O)C(CCCN(CCCNC(=O)c1cccc(=O)[nH]1)C(=O)C1=CCCC(=O)N1)N(CCCNC(=O)c1cccc(=O)n1OC[OH2+])C(=O)c1cccc(=O)[nH]1. The number of ether oxygens (including phenoxy) is 1. The van der Waals surface area contributed by atoms with Gasteiger partial charge in [-0.05, 0) is 63.1 Å². The fourth-order valence-corrected chi connectivity index (χ4v) is 8.33. The zero-order valence-corrected chi connectivity index (χ0v) is 44.1. The van der Waals surface area contributed by atoms with Crippen molar-refractivity contribution in [1.82, 2.24) is 56.1 Å². The highest BCUT2D eigenvalue weighted by Gasteiger charge is 2.34. The summed E-state index contributed by atoms with van der Waals surface area (Å²) in [5, 5.41) is 21.4. The van der Waals surface area contributed by atoms with E-state index in [1.54, 1.807) is 6.08 Å². The molecule has 9 amide bonds. The molecule has 3 aromatic rings. The van der Waals surface area contributed by atoms with E-state index >= 15 is 0 Å². The lowest BCUT2D eigenvalue weighted by Gasteiger charge is -2.32. The lowest BCUT2D eigenvalue weighted by molar-refractivity contribution is -0.197. The number of carbonyl (C=O) groups is 10. The molecule has 0 aromatic carbocycles. The molecule has 5 rings (SSSR count). The number of imide groups is 1. The summed E-state index contributed by atoms with van der Waals surface area (Å²) in [5.74, 6) is -5.58. The predicted molar refractivity (Wildman–Crippen MR) is 282 cm³/mol. The molecule has 0 saturated carbocycles. The number of unbranched alkanes of at least 4 members (excludes halogenated alkanes) is 3. The quantitative estimate of drug-likeness (QED) is 0.0153. The number of aromatic amines is 2. The van der Waals surface area contributed by atoms with E-state index in [-0.39, 0.29) is 151 Å². The topological polar surface area (TPSA) is 379 Å². The summed E-state index contributed by atoms with van der Waals surface area (Å²) in [6.45, 7) is -0.620. The second-order valence-corrected chi connectivity index (χ2v) is 18.3. The molecule has 2 aliphatic heterocycles. The number of nitrogens with one attached hydrogen (secondary N) is 7. The van der Waals surface area contributed by atoms with Crippen LogP contribution in [-0.2, 0) is 43.1 Å². The van der Waals surface area contributed by atoms with Gasteiger partial charge in [-0.15, -0.1) is 9.79 Å². The van der Waals surface area contributed by atoms with Crippen LogP contribution in [0.4, 0.5) is 0 Å². The smallest absolute Gasteiger partial charge is 0.333 e. The molecule has 28 heteroatoms. The average molecular weight is 1120 g/mol. The van der Waals surface area contributed by atoms with E-state index in [1.807, 2.05) is 0 Å². The van der Waals surface area contributed by atoms with Crippen molar-refractivity contribution in [3.8, 4) is 0 Å². The van der Waals surface area contributed by atoms with Gasteiger partial charge in [0.2, 0.25) is 28.8 Å². The third-order valence-electron chi connectivity index (χ3n) is 12.3. The van der Waals surface area contributed by atoms with Crippen LogP contribution >= 0.6 is 0 Å². The van der Waals surface area contributed by atoms with Crippen LogP contribution in [0, 0.1) is 0 Å². The Morgan fingerprint density at radius 2 is 1.26 bits per heavy atom. The first-order valence-corrected chi connectivity index (χ1v) is 26.3. The fraction of sp³-hybridized carbons (Fsp3) is 0.481. The Labute approximate surface area is 457 Å². The second kappa shape index (κ2) is 32.8. The van der Waals surface area contributed by atoms with Gasteiger partial charge in [0.25, 0.3) is 41.0 Å². The lowest BCUT2D eigenvalue weighted by atomic mass is 10.1. The molecule has 432 valence electrons. The molecule has 28 nitrogen and oxygen atoms in total. The van der Waals surface area contributed by atoms with Crippen LogP contribution in [-0.4, -0.2) is 166 Å². The minimum Gasteiger partial charge on any atom is -0.413 e. The summed E-state index contributed by atoms with van der Waals surface area (Å²) < 4.78 is 6.34. The molecular weight excluding hydrogens is 1050 g/mol. The minimum absolute atomic E-state index is 0.00511. The molecule has 1 saturated heterocycles. The van der Waals surface area contributed by atoms with Gasteiger partial charge in [-0.1, -0.05) is 37.1 Å². The third-order valence-corrected chi connectivity index (χ3v) is 12.3. The van der Waals surface area contributed by atoms with Crippen molar-refractivity contribution in [2.45, 2.75) is 95.9 Å². The fourth-order valence-electron chi connectivity index (χ4n) is 8.33. The van der Waals surface area contributed by atoms with Crippen LogP contribution in [0.3, 0.4) is 0 Å². The van der Waals surface area contributed by atoms with Crippen LogP contribution < -0.4 is 48.1 Å². The van der Waals surface area contributed by atoms with Gasteiger partial charge in [0.05, 0.1) is 13.2 Å². The first-order chi connectivity index (χ1) is 38.6. The first kappa shape index (κ1) is 62.1. The number of allylic oxidation sites excluding steroid dienone is 1. The highest BCUT2D eigenvalue weighted by atomic mass is 16.7. The highest BCUT2D eigenvalue weighted by molar-refractivity contribution is 6.02. The van der Waals surface area contributed by atoms with Crippen molar-refractivity contribution >= 4 is 59.1 Å². The van der Waals surface area contributed by atoms with E-state index in [9.17, 15) is 62.3 Å². The number of hydrogen-bond donors (Lipinski definition) is 7. The largest absolute Gasteiger partial charge is 0.413 e. The summed E-state index contributed by atoms with van der Waals surface area (Å²) in [4.78, 5) is 183. The Kier molecular flexibility index (Phi) is 25.5. The zero-order valence-electron chi connectivity index (χ0n) is 44.1. The van der Waals surface area contributed by atoms with Gasteiger partial charge < -0.3 is 65.9 Å². The normalized spacial score (nSPS) is 13.3. The number of hydrogen-bond acceptors (Lipinski definition) is 16. The summed E-state index contributed by atoms with van der Waals surface area (Å²) in [6.07, 6.45) is 4.85. The molecule has 1 unspecified atom stereocenters. The molecule has 9 N–H and O–H groups in total. The van der Waals surface area contributed by atoms with Crippen molar-refractivity contribution in [3.63, 3.8) is 0 Å². The number of hydroxylamine groups is 2. The molecule has 3 aromatic heterocycles. The van der Waals surface area contributed by atoms with Crippen molar-refractivity contribution in [2.24, 2.45) is 0 Å². The van der Waals surface area contributed by atoms with Gasteiger partial charge >= 0.3 is 12.8 Å². The lowest BCUT2D eigenvalue weighted by Crippen LogP contribution is -2.51. The Morgan fingerprint density at radius 1 is 0.637 bits per heavy atom. The molecule has 1 atom stereocenters. The van der Waals surface area contributed by atoms with Gasteiger partial charge in [-0.3, -0.25) is 57.5 Å². The van der Waals surface area contributed by atoms with Gasteiger partial charge in [-0.2, -0.15) is 0 Å². The van der Waals surface area contributed by atoms with Crippen LogP contribution in [0.5, 0.6) is 0 Å². The van der Waals surface area contributed by atoms with Gasteiger partial charge in [-0.25, -0.2) is 4.79 Å². The predicted octanol–water partition coefficient (Wildman–Crippen LogP) is -1.61. The molecule has 2 aliphatic rings. The zero-order chi connectivity index (χ0) is 57.8.